The van der Waals surface area contributed by atoms with E-state index in [1.54, 1.807) is 0 Å². The second-order valence-corrected chi connectivity index (χ2v) is 8.33. The van der Waals surface area contributed by atoms with Crippen molar-refractivity contribution in [3.8, 4) is 0 Å². The lowest BCUT2D eigenvalue weighted by molar-refractivity contribution is 0.199. The van der Waals surface area contributed by atoms with E-state index >= 15 is 0 Å². The van der Waals surface area contributed by atoms with Crippen LogP contribution in [-0.4, -0.2) is 13.2 Å². The van der Waals surface area contributed by atoms with E-state index in [0.29, 0.717) is 13.2 Å². The van der Waals surface area contributed by atoms with Crippen LogP contribution in [-0.2, 0) is 20.0 Å². The average molecular weight is 375 g/mol. The summed E-state index contributed by atoms with van der Waals surface area (Å²) in [7, 11) is -3.38. The molecule has 0 spiro atoms. The van der Waals surface area contributed by atoms with Gasteiger partial charge < -0.3 is 14.4 Å². The first-order valence-corrected chi connectivity index (χ1v) is 11.0. The van der Waals surface area contributed by atoms with Gasteiger partial charge in [0.25, 0.3) is 0 Å². The summed E-state index contributed by atoms with van der Waals surface area (Å²) >= 11 is 0. The van der Waals surface area contributed by atoms with Crippen molar-refractivity contribution in [2.24, 2.45) is 0 Å². The molecule has 0 aliphatic heterocycles. The fraction of sp³-hybridized carbons (Fsp3) is 0.429. The Kier molecular flexibility index (Phi) is 8.37. The summed E-state index contributed by atoms with van der Waals surface area (Å²) in [5, 5.41) is 3.39. The second-order valence-electron chi connectivity index (χ2n) is 6.21. The topological polar surface area (TPSA) is 47.6 Å². The van der Waals surface area contributed by atoms with Gasteiger partial charge in [0.15, 0.2) is 5.78 Å². The average Bonchev–Trinajstić information content (AvgIpc) is 2.70. The summed E-state index contributed by atoms with van der Waals surface area (Å²) in [6.07, 6.45) is 2.55. The lowest BCUT2D eigenvalue weighted by atomic mass is 10.1. The van der Waals surface area contributed by atoms with Crippen molar-refractivity contribution < 1.29 is 13.6 Å². The molecular formula is C21H30NO3P. The van der Waals surface area contributed by atoms with Crippen molar-refractivity contribution in [1.29, 1.82) is 0 Å². The fourth-order valence-electron chi connectivity index (χ4n) is 2.60. The first kappa shape index (κ1) is 20.7. The van der Waals surface area contributed by atoms with Gasteiger partial charge in [-0.2, -0.15) is 0 Å². The number of rotatable bonds is 11. The van der Waals surface area contributed by atoms with Gasteiger partial charge in [0.05, 0.1) is 13.2 Å². The number of hydrogen-bond acceptors (Lipinski definition) is 4. The van der Waals surface area contributed by atoms with Gasteiger partial charge in [-0.3, -0.25) is 4.57 Å². The lowest BCUT2D eigenvalue weighted by Gasteiger charge is -2.28. The summed E-state index contributed by atoms with van der Waals surface area (Å²) in [4.78, 5) is 0. The standard InChI is InChI=1S/C21H30NO3P/c1-4-16-24-26(23,25-17-5-2)21(19-10-8-7-9-11-19)22-20-14-12-18(6-3)13-15-20/h7-15,21-22H,4-6,16-17H2,1-3H3/t21-/m1/s1. The van der Waals surface area contributed by atoms with Crippen LogP contribution in [0, 0.1) is 0 Å². The number of benzene rings is 2. The third-order valence-corrected chi connectivity index (χ3v) is 6.19. The predicted octanol–water partition coefficient (Wildman–Crippen LogP) is 6.41. The van der Waals surface area contributed by atoms with E-state index in [-0.39, 0.29) is 0 Å². The highest BCUT2D eigenvalue weighted by atomic mass is 31.2. The maximum atomic E-state index is 13.7. The third-order valence-electron chi connectivity index (χ3n) is 4.05. The molecule has 0 aliphatic carbocycles. The molecule has 0 saturated heterocycles. The molecule has 0 radical (unpaired) electrons. The highest BCUT2D eigenvalue weighted by Crippen LogP contribution is 2.61. The van der Waals surface area contributed by atoms with Gasteiger partial charge in [0.2, 0.25) is 0 Å². The molecule has 0 unspecified atom stereocenters. The van der Waals surface area contributed by atoms with Crippen molar-refractivity contribution in [3.05, 3.63) is 65.7 Å². The lowest BCUT2D eigenvalue weighted by Crippen LogP contribution is -2.16. The molecule has 0 aromatic heterocycles. The monoisotopic (exact) mass is 375 g/mol. The minimum atomic E-state index is -3.38. The SMILES string of the molecule is CCCOP(=O)(OCCC)[C@@H](Nc1ccc(CC)cc1)c1ccccc1. The van der Waals surface area contributed by atoms with E-state index in [1.165, 1.54) is 5.56 Å². The normalized spacial score (nSPS) is 12.7. The molecular weight excluding hydrogens is 345 g/mol. The Morgan fingerprint density at radius 1 is 0.885 bits per heavy atom. The van der Waals surface area contributed by atoms with E-state index in [4.69, 9.17) is 9.05 Å². The first-order chi connectivity index (χ1) is 12.6. The molecule has 1 atom stereocenters. The molecule has 0 saturated carbocycles. The van der Waals surface area contributed by atoms with E-state index < -0.39 is 13.4 Å². The molecule has 0 amide bonds. The van der Waals surface area contributed by atoms with Crippen LogP contribution in [0.5, 0.6) is 0 Å². The van der Waals surface area contributed by atoms with Crippen LogP contribution in [0.2, 0.25) is 0 Å². The Morgan fingerprint density at radius 2 is 1.46 bits per heavy atom. The highest BCUT2D eigenvalue weighted by molar-refractivity contribution is 7.54. The first-order valence-electron chi connectivity index (χ1n) is 9.42. The van der Waals surface area contributed by atoms with Crippen LogP contribution in [0.3, 0.4) is 0 Å². The van der Waals surface area contributed by atoms with Crippen LogP contribution in [0.1, 0.15) is 50.5 Å². The Morgan fingerprint density at radius 3 is 1.96 bits per heavy atom. The molecule has 2 rings (SSSR count). The maximum absolute atomic E-state index is 13.7. The zero-order valence-electron chi connectivity index (χ0n) is 16.0. The van der Waals surface area contributed by atoms with Crippen LogP contribution < -0.4 is 5.32 Å². The predicted molar refractivity (Wildman–Crippen MR) is 109 cm³/mol. The molecule has 5 heteroatoms. The van der Waals surface area contributed by atoms with Crippen LogP contribution >= 0.6 is 7.60 Å². The Labute approximate surface area is 157 Å². The fourth-order valence-corrected chi connectivity index (χ4v) is 4.69. The molecule has 1 N–H and O–H groups in total. The van der Waals surface area contributed by atoms with Gasteiger partial charge >= 0.3 is 7.60 Å². The highest BCUT2D eigenvalue weighted by Gasteiger charge is 2.37. The Bertz CT molecular complexity index is 676. The third kappa shape index (κ3) is 5.70. The van der Waals surface area contributed by atoms with Gasteiger partial charge in [-0.25, -0.2) is 0 Å². The number of anilines is 1. The smallest absolute Gasteiger partial charge is 0.357 e. The molecule has 0 bridgehead atoms. The summed E-state index contributed by atoms with van der Waals surface area (Å²) in [6.45, 7) is 6.93. The summed E-state index contributed by atoms with van der Waals surface area (Å²) in [6, 6.07) is 17.9. The summed E-state index contributed by atoms with van der Waals surface area (Å²) in [5.74, 6) is -0.547. The molecule has 142 valence electrons. The number of nitrogens with one attached hydrogen (secondary N) is 1. The van der Waals surface area contributed by atoms with Gasteiger partial charge in [-0.05, 0) is 42.5 Å². The van der Waals surface area contributed by atoms with Gasteiger partial charge in [0, 0.05) is 5.69 Å². The zero-order valence-corrected chi connectivity index (χ0v) is 16.9. The van der Waals surface area contributed by atoms with Gasteiger partial charge in [0.1, 0.15) is 0 Å². The zero-order chi connectivity index (χ0) is 18.8. The van der Waals surface area contributed by atoms with Crippen molar-refractivity contribution >= 4 is 13.3 Å². The quantitative estimate of drug-likeness (QED) is 0.461. The maximum Gasteiger partial charge on any atom is 0.357 e. The Hall–Kier alpha value is -1.61. The van der Waals surface area contributed by atoms with Crippen molar-refractivity contribution in [1.82, 2.24) is 0 Å². The Balaban J connectivity index is 2.35. The van der Waals surface area contributed by atoms with Crippen molar-refractivity contribution in [2.75, 3.05) is 18.5 Å². The molecule has 0 fully saturated rings. The van der Waals surface area contributed by atoms with E-state index in [1.807, 2.05) is 56.3 Å². The second kappa shape index (κ2) is 10.5. The molecule has 0 aliphatic rings. The van der Waals surface area contributed by atoms with Crippen LogP contribution in [0.25, 0.3) is 0 Å². The number of hydrogen-bond donors (Lipinski definition) is 1. The molecule has 2 aromatic carbocycles. The number of aryl methyl sites for hydroxylation is 1. The molecule has 0 heterocycles. The molecule has 26 heavy (non-hydrogen) atoms. The van der Waals surface area contributed by atoms with Gasteiger partial charge in [-0.1, -0.05) is 63.2 Å². The minimum Gasteiger partial charge on any atom is -0.368 e. The molecule has 2 aromatic rings. The van der Waals surface area contributed by atoms with E-state index in [2.05, 4.69) is 24.4 Å². The summed E-state index contributed by atoms with van der Waals surface area (Å²) < 4.78 is 25.2. The molecule has 4 nitrogen and oxygen atoms in total. The summed E-state index contributed by atoms with van der Waals surface area (Å²) in [5.41, 5.74) is 3.05. The van der Waals surface area contributed by atoms with E-state index in [9.17, 15) is 4.57 Å². The van der Waals surface area contributed by atoms with Gasteiger partial charge in [-0.15, -0.1) is 0 Å². The largest absolute Gasteiger partial charge is 0.368 e. The van der Waals surface area contributed by atoms with Crippen LogP contribution in [0.15, 0.2) is 54.6 Å². The minimum absolute atomic E-state index is 0.404. The van der Waals surface area contributed by atoms with Crippen molar-refractivity contribution in [3.63, 3.8) is 0 Å². The van der Waals surface area contributed by atoms with Crippen LogP contribution in [0.4, 0.5) is 5.69 Å². The van der Waals surface area contributed by atoms with Crippen molar-refractivity contribution in [2.45, 2.75) is 45.8 Å². The van der Waals surface area contributed by atoms with E-state index in [0.717, 1.165) is 30.5 Å².